The van der Waals surface area contributed by atoms with Crippen molar-refractivity contribution in [3.8, 4) is 11.4 Å². The van der Waals surface area contributed by atoms with Crippen molar-refractivity contribution in [1.82, 2.24) is 10.2 Å². The summed E-state index contributed by atoms with van der Waals surface area (Å²) in [6.07, 6.45) is 3.76. The molecule has 2 aromatic rings. The lowest BCUT2D eigenvalue weighted by atomic mass is 10.3. The van der Waals surface area contributed by atoms with Crippen LogP contribution in [-0.2, 0) is 7.05 Å². The summed E-state index contributed by atoms with van der Waals surface area (Å²) in [5, 5.41) is 6.82. The minimum absolute atomic E-state index is 0. The molecule has 2 heterocycles. The van der Waals surface area contributed by atoms with Crippen molar-refractivity contribution < 1.29 is 17.0 Å². The smallest absolute Gasteiger partial charge is 0.230 e. The summed E-state index contributed by atoms with van der Waals surface area (Å²) >= 11 is 0. The molecule has 68 valence electrons. The van der Waals surface area contributed by atoms with Crippen LogP contribution in [0.1, 0.15) is 0 Å². The summed E-state index contributed by atoms with van der Waals surface area (Å²) in [7, 11) is 2.01. The van der Waals surface area contributed by atoms with Gasteiger partial charge >= 0.3 is 0 Å². The van der Waals surface area contributed by atoms with Crippen molar-refractivity contribution >= 4 is 0 Å². The normalized spacial score (nSPS) is 9.31. The zero-order chi connectivity index (χ0) is 8.39. The SMILES string of the molecule is C[n+]1ccccc1-c1ccn[nH]1.[Cl-]. The molecule has 2 aromatic heterocycles. The molecular formula is C9H10ClN3. The van der Waals surface area contributed by atoms with Gasteiger partial charge in [-0.2, -0.15) is 9.67 Å². The van der Waals surface area contributed by atoms with Crippen LogP contribution < -0.4 is 17.0 Å². The maximum absolute atomic E-state index is 3.90. The van der Waals surface area contributed by atoms with E-state index in [9.17, 15) is 0 Å². The summed E-state index contributed by atoms with van der Waals surface area (Å²) in [5.41, 5.74) is 2.17. The van der Waals surface area contributed by atoms with Crippen molar-refractivity contribution in [1.29, 1.82) is 0 Å². The van der Waals surface area contributed by atoms with E-state index in [-0.39, 0.29) is 12.4 Å². The van der Waals surface area contributed by atoms with Crippen LogP contribution in [0, 0.1) is 0 Å². The molecule has 0 bridgehead atoms. The Bertz CT molecular complexity index is 370. The quantitative estimate of drug-likeness (QED) is 0.520. The molecule has 1 N–H and O–H groups in total. The third kappa shape index (κ3) is 1.87. The van der Waals surface area contributed by atoms with Gasteiger partial charge in [-0.1, -0.05) is 0 Å². The Morgan fingerprint density at radius 1 is 1.31 bits per heavy atom. The first-order valence-corrected chi connectivity index (χ1v) is 3.82. The fourth-order valence-electron chi connectivity index (χ4n) is 1.20. The van der Waals surface area contributed by atoms with Gasteiger partial charge in [0.1, 0.15) is 12.7 Å². The van der Waals surface area contributed by atoms with Crippen LogP contribution in [0.15, 0.2) is 36.7 Å². The maximum atomic E-state index is 3.90. The highest BCUT2D eigenvalue weighted by Crippen LogP contribution is 2.08. The first-order valence-electron chi connectivity index (χ1n) is 3.82. The lowest BCUT2D eigenvalue weighted by Crippen LogP contribution is -3.00. The van der Waals surface area contributed by atoms with Crippen molar-refractivity contribution in [2.75, 3.05) is 0 Å². The first-order chi connectivity index (χ1) is 5.88. The zero-order valence-electron chi connectivity index (χ0n) is 7.24. The molecule has 0 aliphatic carbocycles. The molecule has 0 atom stereocenters. The van der Waals surface area contributed by atoms with Crippen LogP contribution in [0.2, 0.25) is 0 Å². The second kappa shape index (κ2) is 4.05. The van der Waals surface area contributed by atoms with Gasteiger partial charge in [0.25, 0.3) is 0 Å². The van der Waals surface area contributed by atoms with Crippen LogP contribution in [0.5, 0.6) is 0 Å². The molecule has 4 heteroatoms. The summed E-state index contributed by atoms with van der Waals surface area (Å²) in [6, 6.07) is 8.01. The highest BCUT2D eigenvalue weighted by molar-refractivity contribution is 5.48. The lowest BCUT2D eigenvalue weighted by molar-refractivity contribution is -0.660. The summed E-state index contributed by atoms with van der Waals surface area (Å²) in [6.45, 7) is 0. The Morgan fingerprint density at radius 2 is 2.15 bits per heavy atom. The second-order valence-electron chi connectivity index (χ2n) is 2.67. The molecule has 0 saturated carbocycles. The monoisotopic (exact) mass is 195 g/mol. The van der Waals surface area contributed by atoms with Gasteiger partial charge in [0.2, 0.25) is 5.69 Å². The van der Waals surface area contributed by atoms with E-state index in [1.165, 1.54) is 0 Å². The highest BCUT2D eigenvalue weighted by atomic mass is 35.5. The van der Waals surface area contributed by atoms with E-state index >= 15 is 0 Å². The summed E-state index contributed by atoms with van der Waals surface area (Å²) < 4.78 is 2.05. The van der Waals surface area contributed by atoms with Crippen LogP contribution in [0.25, 0.3) is 11.4 Å². The lowest BCUT2D eigenvalue weighted by Gasteiger charge is -1.93. The average molecular weight is 196 g/mol. The molecule has 0 unspecified atom stereocenters. The number of pyridine rings is 1. The van der Waals surface area contributed by atoms with Gasteiger partial charge in [-0.15, -0.1) is 0 Å². The molecule has 3 nitrogen and oxygen atoms in total. The fourth-order valence-corrected chi connectivity index (χ4v) is 1.20. The molecular weight excluding hydrogens is 186 g/mol. The molecule has 0 fully saturated rings. The number of nitrogens with one attached hydrogen (secondary N) is 1. The third-order valence-corrected chi connectivity index (χ3v) is 1.83. The predicted octanol–water partition coefficient (Wildman–Crippen LogP) is -2.09. The van der Waals surface area contributed by atoms with Crippen LogP contribution in [-0.4, -0.2) is 10.2 Å². The van der Waals surface area contributed by atoms with E-state index in [0.29, 0.717) is 0 Å². The van der Waals surface area contributed by atoms with Crippen molar-refractivity contribution in [2.45, 2.75) is 0 Å². The number of aromatic nitrogens is 3. The molecule has 0 amide bonds. The van der Waals surface area contributed by atoms with Gasteiger partial charge in [-0.05, 0) is 12.1 Å². The number of H-pyrrole nitrogens is 1. The van der Waals surface area contributed by atoms with Crippen molar-refractivity contribution in [2.24, 2.45) is 7.05 Å². The zero-order valence-corrected chi connectivity index (χ0v) is 7.99. The van der Waals surface area contributed by atoms with E-state index in [2.05, 4.69) is 10.2 Å². The van der Waals surface area contributed by atoms with Gasteiger partial charge in [0.05, 0.1) is 0 Å². The minimum Gasteiger partial charge on any atom is -1.00 e. The van der Waals surface area contributed by atoms with E-state index in [1.54, 1.807) is 6.20 Å². The molecule has 13 heavy (non-hydrogen) atoms. The van der Waals surface area contributed by atoms with E-state index < -0.39 is 0 Å². The average Bonchev–Trinajstić information content (AvgIpc) is 2.57. The standard InChI is InChI=1S/C9H9N3.ClH/c1-12-7-3-2-4-9(12)8-5-6-10-11-8;/h2-7H,1H3;1H. The van der Waals surface area contributed by atoms with Crippen LogP contribution in [0.4, 0.5) is 0 Å². The molecule has 0 aromatic carbocycles. The van der Waals surface area contributed by atoms with Gasteiger partial charge < -0.3 is 12.4 Å². The largest absolute Gasteiger partial charge is 1.00 e. The number of aromatic amines is 1. The number of nitrogens with zero attached hydrogens (tertiary/aromatic N) is 2. The van der Waals surface area contributed by atoms with Gasteiger partial charge in [0.15, 0.2) is 6.20 Å². The summed E-state index contributed by atoms with van der Waals surface area (Å²) in [5.74, 6) is 0. The second-order valence-corrected chi connectivity index (χ2v) is 2.67. The number of hydrogen-bond acceptors (Lipinski definition) is 1. The molecule has 0 saturated heterocycles. The fraction of sp³-hybridized carbons (Fsp3) is 0.111. The Labute approximate surface area is 82.8 Å². The van der Waals surface area contributed by atoms with Crippen molar-refractivity contribution in [3.05, 3.63) is 36.7 Å². The molecule has 0 aliphatic heterocycles. The molecule has 0 radical (unpaired) electrons. The Morgan fingerprint density at radius 3 is 2.77 bits per heavy atom. The number of rotatable bonds is 1. The Hall–Kier alpha value is -1.35. The highest BCUT2D eigenvalue weighted by Gasteiger charge is 2.07. The molecule has 0 aliphatic rings. The maximum Gasteiger partial charge on any atom is 0.230 e. The first kappa shape index (κ1) is 9.74. The van der Waals surface area contributed by atoms with Crippen molar-refractivity contribution in [3.63, 3.8) is 0 Å². The number of halogens is 1. The Balaban J connectivity index is 0.000000845. The summed E-state index contributed by atoms with van der Waals surface area (Å²) in [4.78, 5) is 0. The van der Waals surface area contributed by atoms with Crippen LogP contribution in [0.3, 0.4) is 0 Å². The number of aryl methyl sites for hydroxylation is 1. The topological polar surface area (TPSA) is 32.6 Å². The van der Waals surface area contributed by atoms with Gasteiger partial charge in [-0.25, -0.2) is 0 Å². The van der Waals surface area contributed by atoms with E-state index in [1.807, 2.05) is 42.1 Å². The molecule has 0 spiro atoms. The molecule has 2 rings (SSSR count). The van der Waals surface area contributed by atoms with E-state index in [0.717, 1.165) is 11.4 Å². The van der Waals surface area contributed by atoms with E-state index in [4.69, 9.17) is 0 Å². The van der Waals surface area contributed by atoms with Gasteiger partial charge in [-0.3, -0.25) is 5.10 Å². The Kier molecular flexibility index (Phi) is 3.03. The minimum atomic E-state index is 0. The predicted molar refractivity (Wildman–Crippen MR) is 45.2 cm³/mol. The van der Waals surface area contributed by atoms with Crippen LogP contribution >= 0.6 is 0 Å². The van der Waals surface area contributed by atoms with Gasteiger partial charge in [0, 0.05) is 18.3 Å². The number of hydrogen-bond donors (Lipinski definition) is 1. The third-order valence-electron chi connectivity index (χ3n) is 1.83.